The van der Waals surface area contributed by atoms with E-state index >= 15 is 0 Å². The maximum absolute atomic E-state index is 13.6. The Morgan fingerprint density at radius 3 is 1.78 bits per heavy atom. The Bertz CT molecular complexity index is 1320. The van der Waals surface area contributed by atoms with E-state index in [1.807, 2.05) is 6.07 Å². The highest BCUT2D eigenvalue weighted by Gasteiger charge is 2.45. The van der Waals surface area contributed by atoms with Gasteiger partial charge in [0.2, 0.25) is 5.91 Å². The molecule has 0 radical (unpaired) electrons. The number of ether oxygens (including phenoxy) is 1. The maximum atomic E-state index is 13.6. The number of hydrogen-bond donors (Lipinski definition) is 2. The van der Waals surface area contributed by atoms with Crippen LogP contribution in [0.4, 0.5) is 13.2 Å². The van der Waals surface area contributed by atoms with E-state index in [2.05, 4.69) is 10.6 Å². The van der Waals surface area contributed by atoms with Gasteiger partial charge in [-0.15, -0.1) is 0 Å². The number of hydrogen-bond acceptors (Lipinski definition) is 4. The fourth-order valence-corrected chi connectivity index (χ4v) is 4.57. The van der Waals surface area contributed by atoms with Crippen LogP contribution >= 0.6 is 23.2 Å². The zero-order valence-electron chi connectivity index (χ0n) is 22.3. The third-order valence-electron chi connectivity index (χ3n) is 6.11. The second kappa shape index (κ2) is 14.4. The van der Waals surface area contributed by atoms with Gasteiger partial charge in [0.1, 0.15) is 11.8 Å². The first-order chi connectivity index (χ1) is 19.3. The van der Waals surface area contributed by atoms with E-state index in [-0.39, 0.29) is 28.6 Å². The molecule has 0 aliphatic heterocycles. The number of benzene rings is 3. The minimum atomic E-state index is -5.15. The molecule has 0 fully saturated rings. The Hall–Kier alpha value is -3.56. The molecular formula is C30H29Cl2F3N2O4. The molecule has 2 amide bonds. The molecular weight excluding hydrogens is 580 g/mol. The Balaban J connectivity index is 1.90. The van der Waals surface area contributed by atoms with Crippen molar-refractivity contribution in [3.8, 4) is 5.75 Å². The fraction of sp³-hybridized carbons (Fsp3) is 0.300. The zero-order valence-corrected chi connectivity index (χ0v) is 23.8. The number of carbonyl (C=O) groups is 3. The molecule has 3 aromatic carbocycles. The van der Waals surface area contributed by atoms with Gasteiger partial charge in [-0.2, -0.15) is 13.2 Å². The van der Waals surface area contributed by atoms with Gasteiger partial charge in [0.25, 0.3) is 11.7 Å². The molecule has 0 aliphatic carbocycles. The number of nitrogens with one attached hydrogen (secondary N) is 2. The average molecular weight is 609 g/mol. The van der Waals surface area contributed by atoms with Crippen LogP contribution in [-0.2, 0) is 27.2 Å². The summed E-state index contributed by atoms with van der Waals surface area (Å²) in [5, 5.41) is 5.38. The number of halogens is 5. The molecule has 3 aromatic rings. The summed E-state index contributed by atoms with van der Waals surface area (Å²) in [5.41, 5.74) is 1.39. The normalized spacial score (nSPS) is 13.7. The molecule has 0 aromatic heterocycles. The molecule has 11 heteroatoms. The van der Waals surface area contributed by atoms with Crippen molar-refractivity contribution in [2.24, 2.45) is 5.92 Å². The molecule has 0 saturated carbocycles. The van der Waals surface area contributed by atoms with E-state index < -0.39 is 47.9 Å². The summed E-state index contributed by atoms with van der Waals surface area (Å²) >= 11 is 12.2. The second-order valence-corrected chi connectivity index (χ2v) is 10.6. The summed E-state index contributed by atoms with van der Waals surface area (Å²) in [6.45, 7) is 2.78. The summed E-state index contributed by atoms with van der Waals surface area (Å²) in [6, 6.07) is 18.9. The standard InChI is InChI=1S/C30H29Cl2F3N2O4/c1-18(2)26(27(38)30(33,34)35)37-28(39)24(13-19-9-5-3-6-10-19)36-29(40)25(14-20-11-7-4-8-12-20)41-23-16-21(31)15-22(32)17-23/h3-12,15-18,24-26H,13-14H2,1-2H3,(H,36,40)(H,37,39). The van der Waals surface area contributed by atoms with Crippen LogP contribution in [0.5, 0.6) is 5.75 Å². The van der Waals surface area contributed by atoms with Crippen molar-refractivity contribution in [1.29, 1.82) is 0 Å². The predicted molar refractivity (Wildman–Crippen MR) is 151 cm³/mol. The molecule has 0 aliphatic rings. The molecule has 3 atom stereocenters. The van der Waals surface area contributed by atoms with Crippen LogP contribution in [0.25, 0.3) is 0 Å². The summed E-state index contributed by atoms with van der Waals surface area (Å²) in [4.78, 5) is 39.0. The third-order valence-corrected chi connectivity index (χ3v) is 6.55. The van der Waals surface area contributed by atoms with Crippen molar-refractivity contribution in [1.82, 2.24) is 10.6 Å². The summed E-state index contributed by atoms with van der Waals surface area (Å²) in [7, 11) is 0. The van der Waals surface area contributed by atoms with Crippen molar-refractivity contribution in [2.75, 3.05) is 0 Å². The van der Waals surface area contributed by atoms with Gasteiger partial charge in [0.15, 0.2) is 6.10 Å². The second-order valence-electron chi connectivity index (χ2n) is 9.74. The van der Waals surface area contributed by atoms with Crippen molar-refractivity contribution in [3.05, 3.63) is 100 Å². The smallest absolute Gasteiger partial charge is 0.452 e. The maximum Gasteiger partial charge on any atom is 0.452 e. The molecule has 6 nitrogen and oxygen atoms in total. The lowest BCUT2D eigenvalue weighted by Crippen LogP contribution is -2.57. The molecule has 0 bridgehead atoms. The van der Waals surface area contributed by atoms with Gasteiger partial charge in [0, 0.05) is 22.9 Å². The van der Waals surface area contributed by atoms with Crippen molar-refractivity contribution in [3.63, 3.8) is 0 Å². The van der Waals surface area contributed by atoms with Gasteiger partial charge in [0.05, 0.1) is 6.04 Å². The third kappa shape index (κ3) is 9.79. The quantitative estimate of drug-likeness (QED) is 0.265. The number of amides is 2. The van der Waals surface area contributed by atoms with E-state index in [1.54, 1.807) is 54.6 Å². The van der Waals surface area contributed by atoms with Gasteiger partial charge in [-0.3, -0.25) is 14.4 Å². The highest BCUT2D eigenvalue weighted by molar-refractivity contribution is 6.34. The van der Waals surface area contributed by atoms with E-state index in [1.165, 1.54) is 32.0 Å². The number of rotatable bonds is 12. The molecule has 0 spiro atoms. The van der Waals surface area contributed by atoms with Crippen molar-refractivity contribution in [2.45, 2.75) is 51.1 Å². The number of Topliss-reactive ketones (excluding diaryl/α,β-unsaturated/α-hetero) is 1. The summed E-state index contributed by atoms with van der Waals surface area (Å²) < 4.78 is 45.7. The average Bonchev–Trinajstić information content (AvgIpc) is 2.90. The van der Waals surface area contributed by atoms with Gasteiger partial charge < -0.3 is 15.4 Å². The number of carbonyl (C=O) groups excluding carboxylic acids is 3. The molecule has 3 rings (SSSR count). The van der Waals surface area contributed by atoms with Crippen LogP contribution in [-0.4, -0.2) is 42.0 Å². The SMILES string of the molecule is CC(C)C(NC(=O)C(Cc1ccccc1)NC(=O)C(Cc1ccccc1)Oc1cc(Cl)cc(Cl)c1)C(=O)C(F)(F)F. The van der Waals surface area contributed by atoms with Crippen LogP contribution in [0.2, 0.25) is 10.0 Å². The largest absolute Gasteiger partial charge is 0.480 e. The Kier molecular flexibility index (Phi) is 11.2. The first-order valence-corrected chi connectivity index (χ1v) is 13.5. The van der Waals surface area contributed by atoms with Gasteiger partial charge in [-0.25, -0.2) is 0 Å². The first kappa shape index (κ1) is 32.0. The monoisotopic (exact) mass is 608 g/mol. The molecule has 3 unspecified atom stereocenters. The minimum absolute atomic E-state index is 0.0511. The minimum Gasteiger partial charge on any atom is -0.480 e. The molecule has 2 N–H and O–H groups in total. The van der Waals surface area contributed by atoms with Crippen LogP contribution in [0, 0.1) is 5.92 Å². The van der Waals surface area contributed by atoms with Gasteiger partial charge in [-0.05, 0) is 35.2 Å². The fourth-order valence-electron chi connectivity index (χ4n) is 4.07. The van der Waals surface area contributed by atoms with Crippen LogP contribution < -0.4 is 15.4 Å². The highest BCUT2D eigenvalue weighted by Crippen LogP contribution is 2.26. The lowest BCUT2D eigenvalue weighted by Gasteiger charge is -2.27. The van der Waals surface area contributed by atoms with E-state index in [9.17, 15) is 27.6 Å². The Labute approximate surface area is 246 Å². The lowest BCUT2D eigenvalue weighted by molar-refractivity contribution is -0.175. The van der Waals surface area contributed by atoms with Gasteiger partial charge >= 0.3 is 6.18 Å². The summed E-state index contributed by atoms with van der Waals surface area (Å²) in [6.07, 6.45) is -6.27. The number of alkyl halides is 3. The Morgan fingerprint density at radius 2 is 1.29 bits per heavy atom. The van der Waals surface area contributed by atoms with E-state index in [0.29, 0.717) is 5.56 Å². The zero-order chi connectivity index (χ0) is 30.2. The van der Waals surface area contributed by atoms with Crippen LogP contribution in [0.3, 0.4) is 0 Å². The predicted octanol–water partition coefficient (Wildman–Crippen LogP) is 5.98. The van der Waals surface area contributed by atoms with Crippen molar-refractivity contribution < 1.29 is 32.3 Å². The molecule has 0 heterocycles. The van der Waals surface area contributed by atoms with E-state index in [0.717, 1.165) is 5.56 Å². The molecule has 0 saturated heterocycles. The van der Waals surface area contributed by atoms with Crippen LogP contribution in [0.1, 0.15) is 25.0 Å². The number of ketones is 1. The molecule has 41 heavy (non-hydrogen) atoms. The molecule has 218 valence electrons. The Morgan fingerprint density at radius 1 is 0.780 bits per heavy atom. The van der Waals surface area contributed by atoms with E-state index in [4.69, 9.17) is 27.9 Å². The van der Waals surface area contributed by atoms with Crippen LogP contribution in [0.15, 0.2) is 78.9 Å². The highest BCUT2D eigenvalue weighted by atomic mass is 35.5. The lowest BCUT2D eigenvalue weighted by atomic mass is 9.97. The summed E-state index contributed by atoms with van der Waals surface area (Å²) in [5.74, 6) is -4.37. The van der Waals surface area contributed by atoms with Crippen molar-refractivity contribution >= 4 is 40.8 Å². The van der Waals surface area contributed by atoms with Gasteiger partial charge in [-0.1, -0.05) is 97.7 Å². The first-order valence-electron chi connectivity index (χ1n) is 12.8. The topological polar surface area (TPSA) is 84.5 Å².